The van der Waals surface area contributed by atoms with Crippen molar-refractivity contribution < 1.29 is 13.2 Å². The normalized spacial score (nSPS) is 12.7. The predicted octanol–water partition coefficient (Wildman–Crippen LogP) is 3.50. The Morgan fingerprint density at radius 3 is 2.67 bits per heavy atom. The molecule has 0 bridgehead atoms. The molecule has 2 aromatic rings. The van der Waals surface area contributed by atoms with Crippen molar-refractivity contribution in [1.82, 2.24) is 0 Å². The van der Waals surface area contributed by atoms with Crippen LogP contribution in [0.2, 0.25) is 0 Å². The Morgan fingerprint density at radius 2 is 2.00 bits per heavy atom. The zero-order chi connectivity index (χ0) is 13.1. The van der Waals surface area contributed by atoms with Gasteiger partial charge in [0, 0.05) is 18.0 Å². The topological polar surface area (TPSA) is 39.2 Å². The lowest BCUT2D eigenvalue weighted by atomic mass is 10.00. The van der Waals surface area contributed by atoms with Crippen LogP contribution in [0.3, 0.4) is 0 Å². The minimum atomic E-state index is -0.845. The first-order valence-corrected chi connectivity index (χ1v) is 5.82. The molecule has 2 nitrogen and oxygen atoms in total. The van der Waals surface area contributed by atoms with Crippen molar-refractivity contribution in [2.75, 3.05) is 0 Å². The van der Waals surface area contributed by atoms with Crippen LogP contribution in [0, 0.1) is 18.6 Å². The third-order valence-electron chi connectivity index (χ3n) is 2.99. The molecular weight excluding hydrogens is 236 g/mol. The summed E-state index contributed by atoms with van der Waals surface area (Å²) in [4.78, 5) is 0. The van der Waals surface area contributed by atoms with Crippen molar-refractivity contribution in [2.45, 2.75) is 25.8 Å². The van der Waals surface area contributed by atoms with Gasteiger partial charge in [0.2, 0.25) is 0 Å². The highest BCUT2D eigenvalue weighted by Gasteiger charge is 2.16. The summed E-state index contributed by atoms with van der Waals surface area (Å²) < 4.78 is 32.3. The minimum Gasteiger partial charge on any atom is -0.469 e. The van der Waals surface area contributed by atoms with Gasteiger partial charge in [0.25, 0.3) is 0 Å². The first-order valence-electron chi connectivity index (χ1n) is 5.82. The molecule has 0 aliphatic heterocycles. The van der Waals surface area contributed by atoms with Gasteiger partial charge in [-0.1, -0.05) is 12.1 Å². The van der Waals surface area contributed by atoms with E-state index >= 15 is 0 Å². The maximum Gasteiger partial charge on any atom is 0.163 e. The van der Waals surface area contributed by atoms with Crippen LogP contribution in [0.1, 0.15) is 29.3 Å². The van der Waals surface area contributed by atoms with Gasteiger partial charge in [0.05, 0.1) is 6.26 Å². The fourth-order valence-corrected chi connectivity index (χ4v) is 1.86. The molecule has 1 aromatic heterocycles. The van der Waals surface area contributed by atoms with Crippen LogP contribution in [-0.2, 0) is 6.42 Å². The summed E-state index contributed by atoms with van der Waals surface area (Å²) in [6, 6.07) is 6.16. The van der Waals surface area contributed by atoms with Gasteiger partial charge in [-0.3, -0.25) is 0 Å². The van der Waals surface area contributed by atoms with E-state index in [4.69, 9.17) is 10.2 Å². The largest absolute Gasteiger partial charge is 0.469 e. The number of hydrogen-bond donors (Lipinski definition) is 1. The van der Waals surface area contributed by atoms with E-state index < -0.39 is 17.7 Å². The lowest BCUT2D eigenvalue weighted by Crippen LogP contribution is -2.14. The second-order valence-electron chi connectivity index (χ2n) is 4.32. The Balaban J connectivity index is 2.09. The number of benzene rings is 1. The van der Waals surface area contributed by atoms with E-state index in [1.807, 2.05) is 6.07 Å². The summed E-state index contributed by atoms with van der Waals surface area (Å²) in [5.41, 5.74) is 6.38. The molecule has 96 valence electrons. The molecule has 0 amide bonds. The fourth-order valence-electron chi connectivity index (χ4n) is 1.86. The first kappa shape index (κ1) is 12.8. The molecule has 4 heteroatoms. The molecule has 1 atom stereocenters. The van der Waals surface area contributed by atoms with Crippen LogP contribution in [0.25, 0.3) is 0 Å². The van der Waals surface area contributed by atoms with E-state index in [1.165, 1.54) is 6.92 Å². The average molecular weight is 251 g/mol. The van der Waals surface area contributed by atoms with Crippen LogP contribution in [0.4, 0.5) is 8.78 Å². The number of nitrogens with two attached hydrogens (primary N) is 1. The number of aryl methyl sites for hydroxylation is 2. The second kappa shape index (κ2) is 5.31. The van der Waals surface area contributed by atoms with E-state index in [0.717, 1.165) is 5.76 Å². The van der Waals surface area contributed by atoms with Gasteiger partial charge in [0.15, 0.2) is 11.6 Å². The van der Waals surface area contributed by atoms with Crippen LogP contribution >= 0.6 is 0 Å². The van der Waals surface area contributed by atoms with E-state index in [1.54, 1.807) is 24.5 Å². The van der Waals surface area contributed by atoms with Crippen LogP contribution in [0.5, 0.6) is 0 Å². The smallest absolute Gasteiger partial charge is 0.163 e. The Morgan fingerprint density at radius 1 is 1.22 bits per heavy atom. The van der Waals surface area contributed by atoms with Crippen molar-refractivity contribution in [3.05, 3.63) is 59.1 Å². The molecule has 1 unspecified atom stereocenters. The molecule has 18 heavy (non-hydrogen) atoms. The average Bonchev–Trinajstić information content (AvgIpc) is 2.86. The summed E-state index contributed by atoms with van der Waals surface area (Å²) in [5.74, 6) is -0.874. The number of rotatable bonds is 4. The molecule has 0 aliphatic carbocycles. The molecule has 1 heterocycles. The maximum atomic E-state index is 13.7. The van der Waals surface area contributed by atoms with Crippen LogP contribution < -0.4 is 5.73 Å². The van der Waals surface area contributed by atoms with Gasteiger partial charge in [-0.2, -0.15) is 0 Å². The molecule has 0 spiro atoms. The van der Waals surface area contributed by atoms with Crippen molar-refractivity contribution in [2.24, 2.45) is 5.73 Å². The van der Waals surface area contributed by atoms with Gasteiger partial charge in [-0.15, -0.1) is 0 Å². The lowest BCUT2D eigenvalue weighted by molar-refractivity contribution is 0.464. The zero-order valence-electron chi connectivity index (χ0n) is 10.1. The van der Waals surface area contributed by atoms with E-state index in [-0.39, 0.29) is 11.1 Å². The molecule has 0 aliphatic rings. The van der Waals surface area contributed by atoms with E-state index in [0.29, 0.717) is 12.8 Å². The lowest BCUT2D eigenvalue weighted by Gasteiger charge is -2.13. The van der Waals surface area contributed by atoms with Gasteiger partial charge in [0.1, 0.15) is 5.76 Å². The molecule has 2 rings (SSSR count). The number of furan rings is 1. The predicted molar refractivity (Wildman–Crippen MR) is 65.1 cm³/mol. The number of halogens is 2. The second-order valence-corrected chi connectivity index (χ2v) is 4.32. The van der Waals surface area contributed by atoms with Crippen LogP contribution in [0.15, 0.2) is 34.9 Å². The number of hydrogen-bond acceptors (Lipinski definition) is 2. The highest BCUT2D eigenvalue weighted by molar-refractivity contribution is 5.27. The minimum absolute atomic E-state index is 0.213. The maximum absolute atomic E-state index is 13.7. The Labute approximate surface area is 104 Å². The van der Waals surface area contributed by atoms with E-state index in [2.05, 4.69) is 0 Å². The Kier molecular flexibility index (Phi) is 3.77. The third kappa shape index (κ3) is 2.59. The van der Waals surface area contributed by atoms with E-state index in [9.17, 15) is 8.78 Å². The monoisotopic (exact) mass is 251 g/mol. The summed E-state index contributed by atoms with van der Waals surface area (Å²) in [7, 11) is 0. The summed E-state index contributed by atoms with van der Waals surface area (Å²) in [5, 5.41) is 0. The van der Waals surface area contributed by atoms with Crippen LogP contribution in [-0.4, -0.2) is 0 Å². The van der Waals surface area contributed by atoms with Gasteiger partial charge >= 0.3 is 0 Å². The molecule has 0 radical (unpaired) electrons. The molecule has 1 aromatic carbocycles. The molecule has 0 fully saturated rings. The SMILES string of the molecule is Cc1ccc(C(N)CCc2ccco2)c(F)c1F. The van der Waals surface area contributed by atoms with Crippen molar-refractivity contribution in [1.29, 1.82) is 0 Å². The van der Waals surface area contributed by atoms with Crippen molar-refractivity contribution in [3.63, 3.8) is 0 Å². The Hall–Kier alpha value is -1.68. The molecular formula is C14H15F2NO. The summed E-state index contributed by atoms with van der Waals surface area (Å²) in [6.45, 7) is 1.52. The highest BCUT2D eigenvalue weighted by Crippen LogP contribution is 2.23. The zero-order valence-corrected chi connectivity index (χ0v) is 10.1. The fraction of sp³-hybridized carbons (Fsp3) is 0.286. The molecule has 0 saturated heterocycles. The standard InChI is InChI=1S/C14H15F2NO/c1-9-4-6-11(14(16)13(9)15)12(17)7-5-10-3-2-8-18-10/h2-4,6,8,12H,5,7,17H2,1H3. The quantitative estimate of drug-likeness (QED) is 0.903. The Bertz CT molecular complexity index is 523. The van der Waals surface area contributed by atoms with Crippen molar-refractivity contribution in [3.8, 4) is 0 Å². The molecule has 0 saturated carbocycles. The molecule has 2 N–H and O–H groups in total. The van der Waals surface area contributed by atoms with Crippen molar-refractivity contribution >= 4 is 0 Å². The van der Waals surface area contributed by atoms with Gasteiger partial charge in [-0.25, -0.2) is 8.78 Å². The third-order valence-corrected chi connectivity index (χ3v) is 2.99. The summed E-state index contributed by atoms with van der Waals surface area (Å²) in [6.07, 6.45) is 2.68. The highest BCUT2D eigenvalue weighted by atomic mass is 19.2. The van der Waals surface area contributed by atoms with Gasteiger partial charge in [-0.05, 0) is 31.0 Å². The summed E-state index contributed by atoms with van der Waals surface area (Å²) >= 11 is 0. The first-order chi connectivity index (χ1) is 8.59. The van der Waals surface area contributed by atoms with Gasteiger partial charge < -0.3 is 10.2 Å².